The summed E-state index contributed by atoms with van der Waals surface area (Å²) in [5.41, 5.74) is 3.13. The summed E-state index contributed by atoms with van der Waals surface area (Å²) in [5.74, 6) is 0. The SMILES string of the molecule is CN(COC(=O)n1c2ccccc2c2ccccc21)COC(=O)n1c2ccccc2c2ccccc21. The van der Waals surface area contributed by atoms with E-state index in [9.17, 15) is 9.59 Å². The molecule has 0 radical (unpaired) electrons. The number of benzene rings is 4. The zero-order valence-corrected chi connectivity index (χ0v) is 19.6. The molecule has 36 heavy (non-hydrogen) atoms. The standard InChI is InChI=1S/C29H23N3O4/c1-30(18-35-28(33)31-24-14-6-2-10-20(24)21-11-3-7-15-25(21)31)19-36-29(34)32-26-16-8-4-12-22(26)23-13-5-9-17-27(23)32/h2-17H,18-19H2,1H3. The molecule has 0 N–H and O–H groups in total. The van der Waals surface area contributed by atoms with Crippen molar-refractivity contribution in [3.63, 3.8) is 0 Å². The lowest BCUT2D eigenvalue weighted by Gasteiger charge is -2.17. The fourth-order valence-electron chi connectivity index (χ4n) is 4.74. The van der Waals surface area contributed by atoms with Crippen LogP contribution in [0.4, 0.5) is 9.59 Å². The summed E-state index contributed by atoms with van der Waals surface area (Å²) in [6, 6.07) is 30.9. The van der Waals surface area contributed by atoms with Crippen molar-refractivity contribution < 1.29 is 19.1 Å². The number of carbonyl (C=O) groups excluding carboxylic acids is 2. The van der Waals surface area contributed by atoms with E-state index in [1.54, 1.807) is 21.1 Å². The van der Waals surface area contributed by atoms with E-state index in [1.807, 2.05) is 97.1 Å². The normalized spacial score (nSPS) is 11.6. The third-order valence-electron chi connectivity index (χ3n) is 6.34. The van der Waals surface area contributed by atoms with Crippen LogP contribution >= 0.6 is 0 Å². The fourth-order valence-corrected chi connectivity index (χ4v) is 4.74. The van der Waals surface area contributed by atoms with Crippen LogP contribution in [0.1, 0.15) is 0 Å². The number of rotatable bonds is 4. The van der Waals surface area contributed by atoms with Crippen LogP contribution in [0.3, 0.4) is 0 Å². The first-order chi connectivity index (χ1) is 17.6. The number of hydrogen-bond acceptors (Lipinski definition) is 5. The van der Waals surface area contributed by atoms with Gasteiger partial charge in [0.2, 0.25) is 0 Å². The van der Waals surface area contributed by atoms with Crippen molar-refractivity contribution in [3.05, 3.63) is 97.1 Å². The molecular weight excluding hydrogens is 454 g/mol. The van der Waals surface area contributed by atoms with Crippen LogP contribution in [0.5, 0.6) is 0 Å². The zero-order chi connectivity index (χ0) is 24.6. The van der Waals surface area contributed by atoms with Crippen molar-refractivity contribution in [2.24, 2.45) is 0 Å². The number of fused-ring (bicyclic) bond motifs is 6. The highest BCUT2D eigenvalue weighted by molar-refractivity contribution is 6.13. The summed E-state index contributed by atoms with van der Waals surface area (Å²) in [6.07, 6.45) is -0.985. The van der Waals surface area contributed by atoms with Gasteiger partial charge in [-0.1, -0.05) is 72.8 Å². The van der Waals surface area contributed by atoms with Gasteiger partial charge >= 0.3 is 12.2 Å². The molecule has 4 aromatic carbocycles. The van der Waals surface area contributed by atoms with E-state index >= 15 is 0 Å². The van der Waals surface area contributed by atoms with Crippen molar-refractivity contribution >= 4 is 55.8 Å². The van der Waals surface area contributed by atoms with Crippen molar-refractivity contribution in [3.8, 4) is 0 Å². The van der Waals surface area contributed by atoms with Crippen molar-refractivity contribution in [2.75, 3.05) is 20.5 Å². The first-order valence-electron chi connectivity index (χ1n) is 11.6. The molecule has 2 aromatic heterocycles. The van der Waals surface area contributed by atoms with Crippen LogP contribution in [0.15, 0.2) is 97.1 Å². The molecule has 0 atom stereocenters. The van der Waals surface area contributed by atoms with Crippen molar-refractivity contribution in [1.29, 1.82) is 0 Å². The van der Waals surface area contributed by atoms with Gasteiger partial charge in [0.05, 0.1) is 22.1 Å². The average Bonchev–Trinajstić information content (AvgIpc) is 3.44. The second kappa shape index (κ2) is 8.87. The van der Waals surface area contributed by atoms with Gasteiger partial charge in [0, 0.05) is 21.5 Å². The zero-order valence-electron chi connectivity index (χ0n) is 19.6. The van der Waals surface area contributed by atoms with Crippen LogP contribution in [0, 0.1) is 0 Å². The molecule has 2 heterocycles. The maximum absolute atomic E-state index is 13.1. The van der Waals surface area contributed by atoms with Gasteiger partial charge in [-0.15, -0.1) is 0 Å². The van der Waals surface area contributed by atoms with Crippen LogP contribution in [0.25, 0.3) is 43.6 Å². The Kier molecular flexibility index (Phi) is 5.39. The highest BCUT2D eigenvalue weighted by Crippen LogP contribution is 2.30. The van der Waals surface area contributed by atoms with E-state index in [-0.39, 0.29) is 13.5 Å². The number of aromatic nitrogens is 2. The van der Waals surface area contributed by atoms with E-state index in [2.05, 4.69) is 0 Å². The average molecular weight is 478 g/mol. The van der Waals surface area contributed by atoms with Gasteiger partial charge in [-0.3, -0.25) is 0 Å². The number of hydrogen-bond donors (Lipinski definition) is 0. The lowest BCUT2D eigenvalue weighted by atomic mass is 10.2. The van der Waals surface area contributed by atoms with Gasteiger partial charge in [0.15, 0.2) is 0 Å². The predicted molar refractivity (Wildman–Crippen MR) is 140 cm³/mol. The summed E-state index contributed by atoms with van der Waals surface area (Å²) >= 11 is 0. The van der Waals surface area contributed by atoms with Gasteiger partial charge in [-0.25, -0.2) is 23.6 Å². The van der Waals surface area contributed by atoms with Crippen molar-refractivity contribution in [2.45, 2.75) is 0 Å². The molecule has 6 rings (SSSR count). The fraction of sp³-hybridized carbons (Fsp3) is 0.103. The monoisotopic (exact) mass is 477 g/mol. The lowest BCUT2D eigenvalue weighted by molar-refractivity contribution is 0.0231. The lowest BCUT2D eigenvalue weighted by Crippen LogP contribution is -2.30. The Balaban J connectivity index is 1.17. The molecule has 7 nitrogen and oxygen atoms in total. The smallest absolute Gasteiger partial charge is 0.420 e. The molecule has 0 aliphatic heterocycles. The Morgan fingerprint density at radius 2 is 0.833 bits per heavy atom. The van der Waals surface area contributed by atoms with Gasteiger partial charge < -0.3 is 9.47 Å². The number of ether oxygens (including phenoxy) is 2. The maximum atomic E-state index is 13.1. The van der Waals surface area contributed by atoms with E-state index < -0.39 is 12.2 Å². The Labute approximate surface area is 206 Å². The molecule has 0 aliphatic rings. The van der Waals surface area contributed by atoms with Gasteiger partial charge in [0.1, 0.15) is 13.5 Å². The number of para-hydroxylation sites is 4. The molecule has 0 fully saturated rings. The molecule has 6 aromatic rings. The molecule has 0 aliphatic carbocycles. The largest absolute Gasteiger partial charge is 0.433 e. The predicted octanol–water partition coefficient (Wildman–Crippen LogP) is 6.42. The molecule has 178 valence electrons. The quantitative estimate of drug-likeness (QED) is 0.274. The second-order valence-corrected chi connectivity index (χ2v) is 8.67. The topological polar surface area (TPSA) is 65.7 Å². The van der Waals surface area contributed by atoms with Crippen LogP contribution in [-0.4, -0.2) is 46.7 Å². The van der Waals surface area contributed by atoms with Crippen LogP contribution < -0.4 is 0 Å². The second-order valence-electron chi connectivity index (χ2n) is 8.67. The highest BCUT2D eigenvalue weighted by atomic mass is 16.6. The van der Waals surface area contributed by atoms with E-state index in [1.165, 1.54) is 0 Å². The summed E-state index contributed by atoms with van der Waals surface area (Å²) in [6.45, 7) is -0.0831. The minimum absolute atomic E-state index is 0.0415. The van der Waals surface area contributed by atoms with E-state index in [4.69, 9.17) is 9.47 Å². The molecule has 0 saturated heterocycles. The third-order valence-corrected chi connectivity index (χ3v) is 6.34. The molecule has 7 heteroatoms. The van der Waals surface area contributed by atoms with Gasteiger partial charge in [0.25, 0.3) is 0 Å². The van der Waals surface area contributed by atoms with E-state index in [0.29, 0.717) is 0 Å². The molecular formula is C29H23N3O4. The van der Waals surface area contributed by atoms with Gasteiger partial charge in [-0.2, -0.15) is 0 Å². The van der Waals surface area contributed by atoms with Gasteiger partial charge in [-0.05, 0) is 31.3 Å². The summed E-state index contributed by atoms with van der Waals surface area (Å²) in [4.78, 5) is 27.7. The number of nitrogens with zero attached hydrogens (tertiary/aromatic N) is 3. The Hall–Kier alpha value is -4.62. The van der Waals surface area contributed by atoms with Crippen LogP contribution in [0.2, 0.25) is 0 Å². The summed E-state index contributed by atoms with van der Waals surface area (Å²) in [7, 11) is 1.72. The molecule has 0 amide bonds. The molecule has 0 unspecified atom stereocenters. The summed E-state index contributed by atoms with van der Waals surface area (Å²) < 4.78 is 14.3. The van der Waals surface area contributed by atoms with E-state index in [0.717, 1.165) is 43.6 Å². The number of carbonyl (C=O) groups is 2. The highest BCUT2D eigenvalue weighted by Gasteiger charge is 2.19. The van der Waals surface area contributed by atoms with Crippen LogP contribution in [-0.2, 0) is 9.47 Å². The first-order valence-corrected chi connectivity index (χ1v) is 11.6. The summed E-state index contributed by atoms with van der Waals surface area (Å²) in [5, 5.41) is 3.94. The third kappa shape index (κ3) is 3.57. The minimum atomic E-state index is -0.493. The molecule has 0 bridgehead atoms. The molecule has 0 spiro atoms. The first kappa shape index (κ1) is 21.9. The minimum Gasteiger partial charge on any atom is -0.433 e. The van der Waals surface area contributed by atoms with Crippen molar-refractivity contribution in [1.82, 2.24) is 14.0 Å². The Morgan fingerprint density at radius 1 is 0.556 bits per heavy atom. The Morgan fingerprint density at radius 3 is 1.14 bits per heavy atom. The Bertz CT molecular complexity index is 1530. The maximum Gasteiger partial charge on any atom is 0.420 e. The molecule has 0 saturated carbocycles.